The molecule has 0 aliphatic rings. The first-order valence-corrected chi connectivity index (χ1v) is 5.86. The van der Waals surface area contributed by atoms with Crippen LogP contribution in [0.2, 0.25) is 0 Å². The van der Waals surface area contributed by atoms with Gasteiger partial charge in [-0.25, -0.2) is 4.98 Å². The predicted molar refractivity (Wildman–Crippen MR) is 67.3 cm³/mol. The number of ether oxygens (including phenoxy) is 1. The Morgan fingerprint density at radius 3 is 2.83 bits per heavy atom. The van der Waals surface area contributed by atoms with E-state index in [0.29, 0.717) is 22.3 Å². The third kappa shape index (κ3) is 2.57. The van der Waals surface area contributed by atoms with Gasteiger partial charge in [0, 0.05) is 17.1 Å². The highest BCUT2D eigenvalue weighted by Gasteiger charge is 2.11. The fraction of sp³-hybridized carbons (Fsp3) is 0.182. The molecule has 94 valence electrons. The minimum atomic E-state index is -0.357. The molecule has 7 heteroatoms. The third-order valence-electron chi connectivity index (χ3n) is 2.19. The van der Waals surface area contributed by atoms with Crippen molar-refractivity contribution in [3.05, 3.63) is 29.6 Å². The third-order valence-corrected chi connectivity index (χ3v) is 2.91. The minimum Gasteiger partial charge on any atom is -0.504 e. The molecule has 0 radical (unpaired) electrons. The Morgan fingerprint density at radius 2 is 2.28 bits per heavy atom. The van der Waals surface area contributed by atoms with Gasteiger partial charge in [-0.05, 0) is 25.1 Å². The number of nitrogens with zero attached hydrogens (tertiary/aromatic N) is 2. The maximum absolute atomic E-state index is 11.9. The molecule has 0 saturated carbocycles. The first kappa shape index (κ1) is 12.3. The molecular formula is C11H11N3O3S. The second-order valence-electron chi connectivity index (χ2n) is 3.49. The van der Waals surface area contributed by atoms with Gasteiger partial charge in [-0.3, -0.25) is 10.1 Å². The Labute approximate surface area is 107 Å². The SMILES string of the molecule is COc1ccc(C(=O)Nc2nc(C)ns2)cc1O. The van der Waals surface area contributed by atoms with Gasteiger partial charge < -0.3 is 9.84 Å². The number of carbonyl (C=O) groups excluding carboxylic acids is 1. The molecule has 2 aromatic rings. The minimum absolute atomic E-state index is 0.0846. The summed E-state index contributed by atoms with van der Waals surface area (Å²) in [5.41, 5.74) is 0.321. The number of anilines is 1. The zero-order chi connectivity index (χ0) is 13.1. The number of benzene rings is 1. The molecule has 0 fully saturated rings. The molecule has 0 atom stereocenters. The second kappa shape index (κ2) is 5.01. The van der Waals surface area contributed by atoms with Crippen LogP contribution in [0, 0.1) is 6.92 Å². The summed E-state index contributed by atoms with van der Waals surface area (Å²) in [6, 6.07) is 4.42. The van der Waals surface area contributed by atoms with Crippen LogP contribution >= 0.6 is 11.5 Å². The molecule has 6 nitrogen and oxygen atoms in total. The summed E-state index contributed by atoms with van der Waals surface area (Å²) in [6.07, 6.45) is 0. The lowest BCUT2D eigenvalue weighted by Gasteiger charge is -2.05. The van der Waals surface area contributed by atoms with Crippen LogP contribution in [-0.2, 0) is 0 Å². The summed E-state index contributed by atoms with van der Waals surface area (Å²) in [5, 5.41) is 12.6. The molecule has 1 aromatic heterocycles. The van der Waals surface area contributed by atoms with Crippen molar-refractivity contribution in [3.63, 3.8) is 0 Å². The van der Waals surface area contributed by atoms with E-state index in [-0.39, 0.29) is 11.7 Å². The van der Waals surface area contributed by atoms with Gasteiger partial charge in [0.05, 0.1) is 7.11 Å². The Balaban J connectivity index is 2.16. The number of methoxy groups -OCH3 is 1. The number of aromatic nitrogens is 2. The van der Waals surface area contributed by atoms with E-state index < -0.39 is 0 Å². The molecule has 1 amide bonds. The van der Waals surface area contributed by atoms with E-state index in [2.05, 4.69) is 14.7 Å². The molecule has 2 rings (SSSR count). The van der Waals surface area contributed by atoms with Crippen molar-refractivity contribution in [2.24, 2.45) is 0 Å². The van der Waals surface area contributed by atoms with Crippen LogP contribution in [0.4, 0.5) is 5.13 Å². The van der Waals surface area contributed by atoms with Crippen LogP contribution in [0.3, 0.4) is 0 Å². The van der Waals surface area contributed by atoms with Crippen molar-refractivity contribution in [2.75, 3.05) is 12.4 Å². The van der Waals surface area contributed by atoms with E-state index in [4.69, 9.17) is 4.74 Å². The van der Waals surface area contributed by atoms with Crippen LogP contribution in [0.1, 0.15) is 16.2 Å². The number of aryl methyl sites for hydroxylation is 1. The summed E-state index contributed by atoms with van der Waals surface area (Å²) >= 11 is 1.10. The molecule has 1 heterocycles. The van der Waals surface area contributed by atoms with Gasteiger partial charge in [0.1, 0.15) is 5.82 Å². The maximum Gasteiger partial charge on any atom is 0.257 e. The molecule has 0 unspecified atom stereocenters. The van der Waals surface area contributed by atoms with Crippen molar-refractivity contribution < 1.29 is 14.6 Å². The molecule has 18 heavy (non-hydrogen) atoms. The fourth-order valence-electron chi connectivity index (χ4n) is 1.35. The first-order valence-electron chi connectivity index (χ1n) is 5.09. The van der Waals surface area contributed by atoms with Crippen molar-refractivity contribution >= 4 is 22.6 Å². The first-order chi connectivity index (χ1) is 8.60. The lowest BCUT2D eigenvalue weighted by atomic mass is 10.2. The summed E-state index contributed by atoms with van der Waals surface area (Å²) in [5.74, 6) is 0.480. The van der Waals surface area contributed by atoms with Gasteiger partial charge in [-0.15, -0.1) is 0 Å². The number of phenols is 1. The zero-order valence-electron chi connectivity index (χ0n) is 9.80. The van der Waals surface area contributed by atoms with Crippen molar-refractivity contribution in [3.8, 4) is 11.5 Å². The van der Waals surface area contributed by atoms with Crippen LogP contribution < -0.4 is 10.1 Å². The smallest absolute Gasteiger partial charge is 0.257 e. The molecule has 0 aliphatic heterocycles. The molecule has 1 aromatic carbocycles. The Morgan fingerprint density at radius 1 is 1.50 bits per heavy atom. The number of aromatic hydroxyl groups is 1. The molecule has 0 saturated heterocycles. The number of nitrogens with one attached hydrogen (secondary N) is 1. The number of hydrogen-bond acceptors (Lipinski definition) is 6. The highest BCUT2D eigenvalue weighted by molar-refractivity contribution is 7.09. The summed E-state index contributed by atoms with van der Waals surface area (Å²) in [6.45, 7) is 1.74. The van der Waals surface area contributed by atoms with Gasteiger partial charge in [0.15, 0.2) is 11.5 Å². The zero-order valence-corrected chi connectivity index (χ0v) is 10.6. The quantitative estimate of drug-likeness (QED) is 0.884. The monoisotopic (exact) mass is 265 g/mol. The molecule has 0 spiro atoms. The van der Waals surface area contributed by atoms with E-state index in [9.17, 15) is 9.90 Å². The number of rotatable bonds is 3. The van der Waals surface area contributed by atoms with Crippen LogP contribution in [0.25, 0.3) is 0 Å². The Hall–Kier alpha value is -2.15. The Kier molecular flexibility index (Phi) is 3.42. The van der Waals surface area contributed by atoms with E-state index in [1.54, 1.807) is 13.0 Å². The Bertz CT molecular complexity index is 583. The van der Waals surface area contributed by atoms with Gasteiger partial charge in [-0.2, -0.15) is 4.37 Å². The molecule has 2 N–H and O–H groups in total. The summed E-state index contributed by atoms with van der Waals surface area (Å²) in [4.78, 5) is 15.9. The van der Waals surface area contributed by atoms with Crippen LogP contribution in [0.15, 0.2) is 18.2 Å². The predicted octanol–water partition coefficient (Wildman–Crippen LogP) is 1.81. The summed E-state index contributed by atoms with van der Waals surface area (Å²) < 4.78 is 8.85. The maximum atomic E-state index is 11.9. The van der Waals surface area contributed by atoms with Gasteiger partial charge in [0.25, 0.3) is 5.91 Å². The van der Waals surface area contributed by atoms with Gasteiger partial charge >= 0.3 is 0 Å². The van der Waals surface area contributed by atoms with E-state index in [0.717, 1.165) is 11.5 Å². The number of carbonyl (C=O) groups is 1. The van der Waals surface area contributed by atoms with Gasteiger partial charge in [-0.1, -0.05) is 0 Å². The normalized spacial score (nSPS) is 10.1. The fourth-order valence-corrected chi connectivity index (χ4v) is 1.92. The molecular weight excluding hydrogens is 254 g/mol. The lowest BCUT2D eigenvalue weighted by molar-refractivity contribution is 0.102. The molecule has 0 aliphatic carbocycles. The highest BCUT2D eigenvalue weighted by atomic mass is 32.1. The van der Waals surface area contributed by atoms with Crippen molar-refractivity contribution in [2.45, 2.75) is 6.92 Å². The van der Waals surface area contributed by atoms with Crippen LogP contribution in [0.5, 0.6) is 11.5 Å². The lowest BCUT2D eigenvalue weighted by Crippen LogP contribution is -2.11. The highest BCUT2D eigenvalue weighted by Crippen LogP contribution is 2.26. The van der Waals surface area contributed by atoms with E-state index in [1.165, 1.54) is 19.2 Å². The largest absolute Gasteiger partial charge is 0.504 e. The number of amides is 1. The van der Waals surface area contributed by atoms with Gasteiger partial charge in [0.2, 0.25) is 5.13 Å². The summed E-state index contributed by atoms with van der Waals surface area (Å²) in [7, 11) is 1.44. The van der Waals surface area contributed by atoms with E-state index >= 15 is 0 Å². The topological polar surface area (TPSA) is 84.3 Å². The van der Waals surface area contributed by atoms with Crippen LogP contribution in [-0.4, -0.2) is 27.5 Å². The van der Waals surface area contributed by atoms with Crippen molar-refractivity contribution in [1.29, 1.82) is 0 Å². The number of hydrogen-bond donors (Lipinski definition) is 2. The van der Waals surface area contributed by atoms with Crippen molar-refractivity contribution in [1.82, 2.24) is 9.36 Å². The van der Waals surface area contributed by atoms with E-state index in [1.807, 2.05) is 0 Å². The average Bonchev–Trinajstić information content (AvgIpc) is 2.74. The molecule has 0 bridgehead atoms. The second-order valence-corrected chi connectivity index (χ2v) is 4.24. The standard InChI is InChI=1S/C11H11N3O3S/c1-6-12-11(18-14-6)13-10(16)7-3-4-9(17-2)8(15)5-7/h3-5,15H,1-2H3,(H,12,13,14,16). The average molecular weight is 265 g/mol. The number of phenolic OH excluding ortho intramolecular Hbond substituents is 1.